The molecule has 1 atom stereocenters. The van der Waals surface area contributed by atoms with Crippen LogP contribution in [0.1, 0.15) is 11.7 Å². The van der Waals surface area contributed by atoms with Crippen LogP contribution in [0.5, 0.6) is 0 Å². The molecule has 0 amide bonds. The molecule has 3 heteroatoms. The number of pyridine rings is 1. The van der Waals surface area contributed by atoms with Gasteiger partial charge in [-0.1, -0.05) is 17.7 Å². The first kappa shape index (κ1) is 8.24. The van der Waals surface area contributed by atoms with Gasteiger partial charge in [0.25, 0.3) is 0 Å². The summed E-state index contributed by atoms with van der Waals surface area (Å²) in [5.74, 6) is 0. The van der Waals surface area contributed by atoms with Crippen molar-refractivity contribution >= 4 is 11.6 Å². The molecular weight excluding hydrogens is 160 g/mol. The fraction of sp³-hybridized carbons (Fsp3) is 0.125. The van der Waals surface area contributed by atoms with Crippen LogP contribution in [0.2, 0.25) is 5.02 Å². The molecule has 2 N–H and O–H groups in total. The van der Waals surface area contributed by atoms with Gasteiger partial charge < -0.3 is 5.73 Å². The Morgan fingerprint density at radius 2 is 2.45 bits per heavy atom. The van der Waals surface area contributed by atoms with Gasteiger partial charge in [-0.25, -0.2) is 0 Å². The number of hydrogen-bond donors (Lipinski definition) is 1. The average Bonchev–Trinajstić information content (AvgIpc) is 2.03. The van der Waals surface area contributed by atoms with Crippen LogP contribution in [0.15, 0.2) is 31.0 Å². The minimum atomic E-state index is -0.228. The molecule has 1 aromatic rings. The van der Waals surface area contributed by atoms with E-state index < -0.39 is 0 Å². The van der Waals surface area contributed by atoms with Crippen LogP contribution >= 0.6 is 11.6 Å². The molecule has 58 valence electrons. The maximum atomic E-state index is 5.72. The number of hydrogen-bond acceptors (Lipinski definition) is 2. The quantitative estimate of drug-likeness (QED) is 0.686. The van der Waals surface area contributed by atoms with Gasteiger partial charge in [0.2, 0.25) is 0 Å². The van der Waals surface area contributed by atoms with E-state index in [-0.39, 0.29) is 6.04 Å². The summed E-state index contributed by atoms with van der Waals surface area (Å²) in [5, 5.41) is 0.646. The van der Waals surface area contributed by atoms with Gasteiger partial charge in [0.1, 0.15) is 0 Å². The highest BCUT2D eigenvalue weighted by Crippen LogP contribution is 2.13. The molecule has 0 aliphatic heterocycles. The van der Waals surface area contributed by atoms with Gasteiger partial charge in [0.15, 0.2) is 0 Å². The Morgan fingerprint density at radius 1 is 1.73 bits per heavy atom. The van der Waals surface area contributed by atoms with Crippen molar-refractivity contribution in [3.63, 3.8) is 0 Å². The van der Waals surface area contributed by atoms with Crippen molar-refractivity contribution in [1.82, 2.24) is 4.98 Å². The van der Waals surface area contributed by atoms with E-state index in [1.165, 1.54) is 0 Å². The SMILES string of the molecule is C=C[C@H](N)c1cc(Cl)ccn1. The Kier molecular flexibility index (Phi) is 2.63. The first-order valence-corrected chi connectivity index (χ1v) is 3.61. The zero-order valence-electron chi connectivity index (χ0n) is 6.00. The molecule has 1 aromatic heterocycles. The molecule has 0 saturated heterocycles. The van der Waals surface area contributed by atoms with Crippen molar-refractivity contribution in [2.75, 3.05) is 0 Å². The second kappa shape index (κ2) is 3.51. The molecule has 2 nitrogen and oxygen atoms in total. The highest BCUT2D eigenvalue weighted by Gasteiger charge is 2.01. The van der Waals surface area contributed by atoms with Gasteiger partial charge in [-0.2, -0.15) is 0 Å². The van der Waals surface area contributed by atoms with Crippen molar-refractivity contribution in [3.8, 4) is 0 Å². The van der Waals surface area contributed by atoms with Gasteiger partial charge in [-0.15, -0.1) is 6.58 Å². The third kappa shape index (κ3) is 2.03. The highest BCUT2D eigenvalue weighted by atomic mass is 35.5. The van der Waals surface area contributed by atoms with Gasteiger partial charge in [-0.05, 0) is 12.1 Å². The van der Waals surface area contributed by atoms with Gasteiger partial charge in [0, 0.05) is 11.2 Å². The summed E-state index contributed by atoms with van der Waals surface area (Å²) in [4.78, 5) is 4.03. The molecule has 0 unspecified atom stereocenters. The molecule has 0 radical (unpaired) electrons. The largest absolute Gasteiger partial charge is 0.319 e. The minimum absolute atomic E-state index is 0.228. The lowest BCUT2D eigenvalue weighted by Gasteiger charge is -2.03. The molecular formula is C8H9ClN2. The van der Waals surface area contributed by atoms with E-state index in [1.54, 1.807) is 24.4 Å². The number of halogens is 1. The topological polar surface area (TPSA) is 38.9 Å². The lowest BCUT2D eigenvalue weighted by atomic mass is 10.2. The molecule has 0 aliphatic rings. The van der Waals surface area contributed by atoms with Gasteiger partial charge in [0.05, 0.1) is 11.7 Å². The van der Waals surface area contributed by atoms with E-state index >= 15 is 0 Å². The number of nitrogens with two attached hydrogens (primary N) is 1. The van der Waals surface area contributed by atoms with Crippen LogP contribution < -0.4 is 5.73 Å². The Hall–Kier alpha value is -0.860. The molecule has 0 saturated carbocycles. The van der Waals surface area contributed by atoms with Crippen LogP contribution in [-0.4, -0.2) is 4.98 Å². The molecule has 0 fully saturated rings. The highest BCUT2D eigenvalue weighted by molar-refractivity contribution is 6.30. The van der Waals surface area contributed by atoms with Crippen LogP contribution in [-0.2, 0) is 0 Å². The molecule has 0 aromatic carbocycles. The molecule has 1 rings (SSSR count). The van der Waals surface area contributed by atoms with Gasteiger partial charge >= 0.3 is 0 Å². The third-order valence-electron chi connectivity index (χ3n) is 1.34. The Balaban J connectivity index is 2.95. The smallest absolute Gasteiger partial charge is 0.0654 e. The predicted octanol–water partition coefficient (Wildman–Crippen LogP) is 1.92. The molecule has 0 spiro atoms. The van der Waals surface area contributed by atoms with Crippen LogP contribution in [0, 0.1) is 0 Å². The normalized spacial score (nSPS) is 12.5. The third-order valence-corrected chi connectivity index (χ3v) is 1.57. The average molecular weight is 169 g/mol. The van der Waals surface area contributed by atoms with E-state index in [0.717, 1.165) is 5.69 Å². The zero-order chi connectivity index (χ0) is 8.27. The standard InChI is InChI=1S/C8H9ClN2/c1-2-7(10)8-5-6(9)3-4-11-8/h2-5,7H,1,10H2/t7-/m0/s1. The molecule has 11 heavy (non-hydrogen) atoms. The first-order chi connectivity index (χ1) is 5.24. The van der Waals surface area contributed by atoms with E-state index in [2.05, 4.69) is 11.6 Å². The number of nitrogens with zero attached hydrogens (tertiary/aromatic N) is 1. The fourth-order valence-electron chi connectivity index (χ4n) is 0.724. The Morgan fingerprint density at radius 3 is 3.00 bits per heavy atom. The maximum Gasteiger partial charge on any atom is 0.0654 e. The molecule has 0 bridgehead atoms. The number of rotatable bonds is 2. The summed E-state index contributed by atoms with van der Waals surface area (Å²) in [6.07, 6.45) is 3.25. The van der Waals surface area contributed by atoms with Crippen LogP contribution in [0.4, 0.5) is 0 Å². The predicted molar refractivity (Wildman–Crippen MR) is 46.4 cm³/mol. The van der Waals surface area contributed by atoms with Crippen molar-refractivity contribution in [1.29, 1.82) is 0 Å². The van der Waals surface area contributed by atoms with Crippen molar-refractivity contribution in [2.24, 2.45) is 5.73 Å². The molecule has 0 aliphatic carbocycles. The summed E-state index contributed by atoms with van der Waals surface area (Å²) >= 11 is 5.72. The monoisotopic (exact) mass is 168 g/mol. The lowest BCUT2D eigenvalue weighted by Crippen LogP contribution is -2.07. The van der Waals surface area contributed by atoms with Crippen molar-refractivity contribution in [2.45, 2.75) is 6.04 Å². The fourth-order valence-corrected chi connectivity index (χ4v) is 0.892. The van der Waals surface area contributed by atoms with E-state index in [4.69, 9.17) is 17.3 Å². The first-order valence-electron chi connectivity index (χ1n) is 3.23. The Labute approximate surface area is 70.7 Å². The van der Waals surface area contributed by atoms with Crippen LogP contribution in [0.3, 0.4) is 0 Å². The second-order valence-electron chi connectivity index (χ2n) is 2.16. The maximum absolute atomic E-state index is 5.72. The summed E-state index contributed by atoms with van der Waals surface area (Å²) in [5.41, 5.74) is 6.37. The lowest BCUT2D eigenvalue weighted by molar-refractivity contribution is 0.864. The van der Waals surface area contributed by atoms with E-state index in [1.807, 2.05) is 0 Å². The van der Waals surface area contributed by atoms with Crippen LogP contribution in [0.25, 0.3) is 0 Å². The summed E-state index contributed by atoms with van der Waals surface area (Å²) in [6, 6.07) is 3.21. The summed E-state index contributed by atoms with van der Waals surface area (Å²) < 4.78 is 0. The second-order valence-corrected chi connectivity index (χ2v) is 2.60. The Bertz CT molecular complexity index is 260. The number of aromatic nitrogens is 1. The van der Waals surface area contributed by atoms with Gasteiger partial charge in [-0.3, -0.25) is 4.98 Å². The van der Waals surface area contributed by atoms with E-state index in [9.17, 15) is 0 Å². The minimum Gasteiger partial charge on any atom is -0.319 e. The van der Waals surface area contributed by atoms with Crippen molar-refractivity contribution < 1.29 is 0 Å². The summed E-state index contributed by atoms with van der Waals surface area (Å²) in [7, 11) is 0. The zero-order valence-corrected chi connectivity index (χ0v) is 6.75. The van der Waals surface area contributed by atoms with E-state index in [0.29, 0.717) is 5.02 Å². The summed E-state index contributed by atoms with van der Waals surface area (Å²) in [6.45, 7) is 3.56. The molecule has 1 heterocycles. The van der Waals surface area contributed by atoms with Crippen molar-refractivity contribution in [3.05, 3.63) is 41.7 Å².